The maximum atomic E-state index is 12.6. The molecule has 0 N–H and O–H groups in total. The van der Waals surface area contributed by atoms with Gasteiger partial charge in [0.15, 0.2) is 5.03 Å². The molecule has 1 aromatic heterocycles. The molecule has 0 radical (unpaired) electrons. The van der Waals surface area contributed by atoms with Crippen LogP contribution in [0.1, 0.15) is 25.6 Å². The number of imidazole rings is 1. The number of rotatable bonds is 3. The Kier molecular flexibility index (Phi) is 4.67. The van der Waals surface area contributed by atoms with Gasteiger partial charge in [-0.2, -0.15) is 4.31 Å². The Morgan fingerprint density at radius 2 is 2.00 bits per heavy atom. The Balaban J connectivity index is 2.16. The molecule has 7 nitrogen and oxygen atoms in total. The van der Waals surface area contributed by atoms with Crippen LogP contribution in [0, 0.1) is 6.92 Å². The monoisotopic (exact) mass is 314 g/mol. The van der Waals surface area contributed by atoms with Gasteiger partial charge in [0.05, 0.1) is 0 Å². The van der Waals surface area contributed by atoms with E-state index in [1.54, 1.807) is 23.4 Å². The van der Waals surface area contributed by atoms with Gasteiger partial charge in [-0.3, -0.25) is 4.79 Å². The van der Waals surface area contributed by atoms with Gasteiger partial charge in [0.1, 0.15) is 5.82 Å². The second kappa shape index (κ2) is 6.15. The van der Waals surface area contributed by atoms with Gasteiger partial charge in [-0.15, -0.1) is 0 Å². The highest BCUT2D eigenvalue weighted by atomic mass is 32.2. The lowest BCUT2D eigenvalue weighted by molar-refractivity contribution is -0.130. The zero-order chi connectivity index (χ0) is 15.6. The van der Waals surface area contributed by atoms with Crippen LogP contribution < -0.4 is 0 Å². The summed E-state index contributed by atoms with van der Waals surface area (Å²) in [4.78, 5) is 17.6. The summed E-state index contributed by atoms with van der Waals surface area (Å²) in [7, 11) is -1.81. The minimum absolute atomic E-state index is 0.0722. The van der Waals surface area contributed by atoms with Crippen LogP contribution in [0.25, 0.3) is 0 Å². The first-order valence-electron chi connectivity index (χ1n) is 7.14. The van der Waals surface area contributed by atoms with E-state index in [1.165, 1.54) is 10.5 Å². The molecular formula is C13H22N4O3S. The molecule has 1 saturated heterocycles. The number of carbonyl (C=O) groups excluding carboxylic acids is 1. The zero-order valence-corrected chi connectivity index (χ0v) is 13.6. The lowest BCUT2D eigenvalue weighted by Crippen LogP contribution is -2.37. The summed E-state index contributed by atoms with van der Waals surface area (Å²) in [6.07, 6.45) is 2.63. The average molecular weight is 314 g/mol. The topological polar surface area (TPSA) is 75.5 Å². The first-order chi connectivity index (χ1) is 9.86. The molecular weight excluding hydrogens is 292 g/mol. The fourth-order valence-corrected chi connectivity index (χ4v) is 3.88. The number of hydrogen-bond acceptors (Lipinski definition) is 4. The van der Waals surface area contributed by atoms with Crippen molar-refractivity contribution in [3.8, 4) is 0 Å². The molecule has 1 aliphatic heterocycles. The van der Waals surface area contributed by atoms with E-state index in [1.807, 2.05) is 6.92 Å². The first-order valence-corrected chi connectivity index (χ1v) is 8.58. The van der Waals surface area contributed by atoms with Gasteiger partial charge in [-0.1, -0.05) is 6.92 Å². The van der Waals surface area contributed by atoms with E-state index in [0.717, 1.165) is 0 Å². The normalized spacial score (nSPS) is 17.8. The van der Waals surface area contributed by atoms with Crippen molar-refractivity contribution in [1.82, 2.24) is 18.8 Å². The fraction of sp³-hybridized carbons (Fsp3) is 0.692. The number of nitrogens with zero attached hydrogens (tertiary/aromatic N) is 4. The summed E-state index contributed by atoms with van der Waals surface area (Å²) < 4.78 is 28.3. The van der Waals surface area contributed by atoms with Crippen LogP contribution in [-0.4, -0.2) is 59.3 Å². The van der Waals surface area contributed by atoms with Gasteiger partial charge in [0, 0.05) is 45.8 Å². The summed E-state index contributed by atoms with van der Waals surface area (Å²) >= 11 is 0. The van der Waals surface area contributed by atoms with E-state index in [-0.39, 0.29) is 10.9 Å². The van der Waals surface area contributed by atoms with E-state index in [0.29, 0.717) is 44.8 Å². The molecule has 0 atom stereocenters. The minimum Gasteiger partial charge on any atom is -0.341 e. The molecule has 0 unspecified atom stereocenters. The van der Waals surface area contributed by atoms with Crippen molar-refractivity contribution in [1.29, 1.82) is 0 Å². The minimum atomic E-state index is -3.58. The number of sulfonamides is 1. The van der Waals surface area contributed by atoms with Crippen LogP contribution in [0.4, 0.5) is 0 Å². The molecule has 0 spiro atoms. The van der Waals surface area contributed by atoms with Crippen LogP contribution in [0.2, 0.25) is 0 Å². The number of aromatic nitrogens is 2. The number of carbonyl (C=O) groups is 1. The Bertz CT molecular complexity index is 604. The van der Waals surface area contributed by atoms with Gasteiger partial charge in [0.2, 0.25) is 5.91 Å². The van der Waals surface area contributed by atoms with Crippen LogP contribution in [0.3, 0.4) is 0 Å². The number of amides is 1. The van der Waals surface area contributed by atoms with E-state index >= 15 is 0 Å². The van der Waals surface area contributed by atoms with Gasteiger partial charge < -0.3 is 9.47 Å². The van der Waals surface area contributed by atoms with Crippen molar-refractivity contribution < 1.29 is 13.2 Å². The van der Waals surface area contributed by atoms with Crippen LogP contribution >= 0.6 is 0 Å². The Labute approximate surface area is 125 Å². The summed E-state index contributed by atoms with van der Waals surface area (Å²) in [6.45, 7) is 5.38. The van der Waals surface area contributed by atoms with Crippen molar-refractivity contribution in [3.05, 3.63) is 12.0 Å². The highest BCUT2D eigenvalue weighted by Crippen LogP contribution is 2.17. The highest BCUT2D eigenvalue weighted by Gasteiger charge is 2.29. The van der Waals surface area contributed by atoms with Gasteiger partial charge in [-0.05, 0) is 13.3 Å². The quantitative estimate of drug-likeness (QED) is 0.807. The standard InChI is InChI=1S/C13H22N4O3S/c1-4-13(18)16-6-5-7-17(9-8-16)21(19,20)12-10-15(3)11(2)14-12/h10H,4-9H2,1-3H3. The van der Waals surface area contributed by atoms with Crippen LogP contribution in [0.5, 0.6) is 0 Å². The maximum Gasteiger partial charge on any atom is 0.262 e. The predicted octanol–water partition coefficient (Wildman–Crippen LogP) is 0.362. The van der Waals surface area contributed by atoms with E-state index in [9.17, 15) is 13.2 Å². The summed E-state index contributed by atoms with van der Waals surface area (Å²) in [5.74, 6) is 0.731. The van der Waals surface area contributed by atoms with Crippen molar-refractivity contribution in [2.75, 3.05) is 26.2 Å². The summed E-state index contributed by atoms with van der Waals surface area (Å²) in [5, 5.41) is 0.0813. The highest BCUT2D eigenvalue weighted by molar-refractivity contribution is 7.89. The van der Waals surface area contributed by atoms with Gasteiger partial charge in [0.25, 0.3) is 10.0 Å². The van der Waals surface area contributed by atoms with E-state index in [2.05, 4.69) is 4.98 Å². The lowest BCUT2D eigenvalue weighted by Gasteiger charge is -2.20. The van der Waals surface area contributed by atoms with Gasteiger partial charge in [-0.25, -0.2) is 13.4 Å². The third-order valence-electron chi connectivity index (χ3n) is 3.80. The average Bonchev–Trinajstić information content (AvgIpc) is 2.69. The number of hydrogen-bond donors (Lipinski definition) is 0. The molecule has 0 saturated carbocycles. The molecule has 8 heteroatoms. The Hall–Kier alpha value is -1.41. The molecule has 118 valence electrons. The molecule has 1 fully saturated rings. The lowest BCUT2D eigenvalue weighted by atomic mass is 10.3. The molecule has 2 heterocycles. The van der Waals surface area contributed by atoms with Crippen molar-refractivity contribution in [2.45, 2.75) is 31.7 Å². The molecule has 21 heavy (non-hydrogen) atoms. The third-order valence-corrected chi connectivity index (χ3v) is 5.57. The molecule has 0 aromatic carbocycles. The second-order valence-electron chi connectivity index (χ2n) is 5.23. The van der Waals surface area contributed by atoms with Crippen LogP contribution in [0.15, 0.2) is 11.2 Å². The van der Waals surface area contributed by atoms with Crippen molar-refractivity contribution in [3.63, 3.8) is 0 Å². The van der Waals surface area contributed by atoms with E-state index in [4.69, 9.17) is 0 Å². The fourth-order valence-electron chi connectivity index (χ4n) is 2.39. The molecule has 2 rings (SSSR count). The van der Waals surface area contributed by atoms with E-state index < -0.39 is 10.0 Å². The smallest absolute Gasteiger partial charge is 0.262 e. The molecule has 0 aliphatic carbocycles. The molecule has 0 bridgehead atoms. The third kappa shape index (κ3) is 3.26. The zero-order valence-electron chi connectivity index (χ0n) is 12.7. The summed E-state index contributed by atoms with van der Waals surface area (Å²) in [5.41, 5.74) is 0. The summed E-state index contributed by atoms with van der Waals surface area (Å²) in [6, 6.07) is 0. The van der Waals surface area contributed by atoms with Gasteiger partial charge >= 0.3 is 0 Å². The second-order valence-corrected chi connectivity index (χ2v) is 7.11. The van der Waals surface area contributed by atoms with Crippen molar-refractivity contribution in [2.24, 2.45) is 7.05 Å². The van der Waals surface area contributed by atoms with Crippen LogP contribution in [-0.2, 0) is 21.9 Å². The maximum absolute atomic E-state index is 12.6. The Morgan fingerprint density at radius 3 is 2.57 bits per heavy atom. The van der Waals surface area contributed by atoms with Crippen molar-refractivity contribution >= 4 is 15.9 Å². The molecule has 1 aliphatic rings. The molecule has 1 aromatic rings. The SMILES string of the molecule is CCC(=O)N1CCCN(S(=O)(=O)c2cn(C)c(C)n2)CC1. The largest absolute Gasteiger partial charge is 0.341 e. The Morgan fingerprint density at radius 1 is 1.29 bits per heavy atom. The first kappa shape index (κ1) is 16.0. The molecule has 1 amide bonds. The number of aryl methyl sites for hydroxylation is 2. The predicted molar refractivity (Wildman–Crippen MR) is 78.2 cm³/mol.